The highest BCUT2D eigenvalue weighted by atomic mass is 16.2. The number of rotatable bonds is 4. The second kappa shape index (κ2) is 6.86. The number of benzene rings is 1. The molecule has 0 radical (unpaired) electrons. The first-order chi connectivity index (χ1) is 12.6. The molecule has 2 heterocycles. The predicted octanol–water partition coefficient (Wildman–Crippen LogP) is 2.11. The SMILES string of the molecule is CC1CCC1N1CCN(Cc2ncc(-c3ccccc3)cn2)C(=O)C1=O. The Morgan fingerprint density at radius 1 is 0.962 bits per heavy atom. The third kappa shape index (κ3) is 3.07. The second-order valence-corrected chi connectivity index (χ2v) is 7.10. The van der Waals surface area contributed by atoms with Gasteiger partial charge in [-0.15, -0.1) is 0 Å². The highest BCUT2D eigenvalue weighted by Crippen LogP contribution is 2.32. The van der Waals surface area contributed by atoms with Crippen molar-refractivity contribution >= 4 is 11.8 Å². The van der Waals surface area contributed by atoms with Crippen molar-refractivity contribution in [2.75, 3.05) is 13.1 Å². The predicted molar refractivity (Wildman–Crippen MR) is 96.8 cm³/mol. The Kier molecular flexibility index (Phi) is 4.41. The molecule has 0 bridgehead atoms. The molecule has 2 amide bonds. The third-order valence-corrected chi connectivity index (χ3v) is 5.46. The zero-order chi connectivity index (χ0) is 18.1. The van der Waals surface area contributed by atoms with Gasteiger partial charge < -0.3 is 9.80 Å². The summed E-state index contributed by atoms with van der Waals surface area (Å²) in [5.41, 5.74) is 1.98. The van der Waals surface area contributed by atoms with Crippen LogP contribution >= 0.6 is 0 Å². The molecule has 2 aliphatic rings. The molecule has 2 aromatic rings. The number of aromatic nitrogens is 2. The standard InChI is InChI=1S/C20H22N4O2/c1-14-7-8-17(14)24-10-9-23(19(25)20(24)26)13-18-21-11-16(12-22-18)15-5-3-2-4-6-15/h2-6,11-12,14,17H,7-10,13H2,1H3. The molecule has 2 atom stereocenters. The van der Waals surface area contributed by atoms with Crippen LogP contribution in [0.1, 0.15) is 25.6 Å². The van der Waals surface area contributed by atoms with Crippen LogP contribution in [0.2, 0.25) is 0 Å². The van der Waals surface area contributed by atoms with Gasteiger partial charge in [0.2, 0.25) is 0 Å². The van der Waals surface area contributed by atoms with Crippen LogP contribution in [-0.2, 0) is 16.1 Å². The molecule has 2 fully saturated rings. The smallest absolute Gasteiger partial charge is 0.312 e. The van der Waals surface area contributed by atoms with E-state index in [1.165, 1.54) is 0 Å². The van der Waals surface area contributed by atoms with Gasteiger partial charge in [0, 0.05) is 37.1 Å². The zero-order valence-electron chi connectivity index (χ0n) is 14.8. The van der Waals surface area contributed by atoms with Crippen molar-refractivity contribution in [3.05, 3.63) is 48.5 Å². The fraction of sp³-hybridized carbons (Fsp3) is 0.400. The van der Waals surface area contributed by atoms with Gasteiger partial charge in [0.1, 0.15) is 5.82 Å². The first-order valence-electron chi connectivity index (χ1n) is 9.09. The molecule has 4 rings (SSSR count). The average molecular weight is 350 g/mol. The number of nitrogens with zero attached hydrogens (tertiary/aromatic N) is 4. The Labute approximate surface area is 152 Å². The summed E-state index contributed by atoms with van der Waals surface area (Å²) < 4.78 is 0. The molecule has 2 unspecified atom stereocenters. The van der Waals surface area contributed by atoms with E-state index in [1.807, 2.05) is 30.3 Å². The van der Waals surface area contributed by atoms with Crippen molar-refractivity contribution < 1.29 is 9.59 Å². The summed E-state index contributed by atoms with van der Waals surface area (Å²) in [5, 5.41) is 0. The number of hydrogen-bond donors (Lipinski definition) is 0. The van der Waals surface area contributed by atoms with E-state index in [9.17, 15) is 9.59 Å². The Morgan fingerprint density at radius 3 is 2.31 bits per heavy atom. The van der Waals surface area contributed by atoms with E-state index < -0.39 is 5.91 Å². The largest absolute Gasteiger partial charge is 0.329 e. The van der Waals surface area contributed by atoms with Gasteiger partial charge in [0.15, 0.2) is 0 Å². The van der Waals surface area contributed by atoms with Gasteiger partial charge in [-0.3, -0.25) is 9.59 Å². The molecule has 6 nitrogen and oxygen atoms in total. The highest BCUT2D eigenvalue weighted by Gasteiger charge is 2.41. The lowest BCUT2D eigenvalue weighted by Gasteiger charge is -2.45. The lowest BCUT2D eigenvalue weighted by molar-refractivity contribution is -0.160. The molecule has 26 heavy (non-hydrogen) atoms. The molecule has 0 spiro atoms. The topological polar surface area (TPSA) is 66.4 Å². The van der Waals surface area contributed by atoms with E-state index in [1.54, 1.807) is 22.2 Å². The Hall–Kier alpha value is -2.76. The van der Waals surface area contributed by atoms with Crippen molar-refractivity contribution in [3.8, 4) is 11.1 Å². The molecule has 6 heteroatoms. The minimum Gasteiger partial charge on any atom is -0.329 e. The second-order valence-electron chi connectivity index (χ2n) is 7.10. The lowest BCUT2D eigenvalue weighted by atomic mass is 9.79. The summed E-state index contributed by atoms with van der Waals surface area (Å²) >= 11 is 0. The van der Waals surface area contributed by atoms with E-state index in [0.29, 0.717) is 24.8 Å². The van der Waals surface area contributed by atoms with Crippen molar-refractivity contribution in [1.29, 1.82) is 0 Å². The van der Waals surface area contributed by atoms with Crippen molar-refractivity contribution in [1.82, 2.24) is 19.8 Å². The fourth-order valence-electron chi connectivity index (χ4n) is 3.66. The van der Waals surface area contributed by atoms with Gasteiger partial charge in [0.25, 0.3) is 0 Å². The zero-order valence-corrected chi connectivity index (χ0v) is 14.8. The highest BCUT2D eigenvalue weighted by molar-refractivity contribution is 6.35. The molecule has 134 valence electrons. The van der Waals surface area contributed by atoms with Gasteiger partial charge in [-0.25, -0.2) is 9.97 Å². The van der Waals surface area contributed by atoms with Crippen LogP contribution in [0, 0.1) is 5.92 Å². The number of amides is 2. The van der Waals surface area contributed by atoms with Crippen LogP contribution in [0.25, 0.3) is 11.1 Å². The Balaban J connectivity index is 1.41. The van der Waals surface area contributed by atoms with Crippen molar-refractivity contribution in [2.24, 2.45) is 5.92 Å². The van der Waals surface area contributed by atoms with E-state index in [4.69, 9.17) is 0 Å². The van der Waals surface area contributed by atoms with Crippen LogP contribution in [0.15, 0.2) is 42.7 Å². The average Bonchev–Trinajstić information content (AvgIpc) is 2.67. The summed E-state index contributed by atoms with van der Waals surface area (Å²) in [6, 6.07) is 10.1. The Morgan fingerprint density at radius 2 is 1.69 bits per heavy atom. The van der Waals surface area contributed by atoms with Gasteiger partial charge in [-0.1, -0.05) is 37.3 Å². The normalized spacial score (nSPS) is 23.1. The molecule has 1 aliphatic carbocycles. The molecule has 1 saturated heterocycles. The maximum atomic E-state index is 12.5. The molecule has 1 aromatic heterocycles. The quantitative estimate of drug-likeness (QED) is 0.792. The van der Waals surface area contributed by atoms with Crippen LogP contribution < -0.4 is 0 Å². The molecular weight excluding hydrogens is 328 g/mol. The molecular formula is C20H22N4O2. The van der Waals surface area contributed by atoms with Crippen molar-refractivity contribution in [3.63, 3.8) is 0 Å². The van der Waals surface area contributed by atoms with Crippen LogP contribution in [0.4, 0.5) is 0 Å². The number of hydrogen-bond acceptors (Lipinski definition) is 4. The van der Waals surface area contributed by atoms with E-state index in [2.05, 4.69) is 16.9 Å². The van der Waals surface area contributed by atoms with Gasteiger partial charge in [0.05, 0.1) is 6.54 Å². The number of carbonyl (C=O) groups excluding carboxylic acids is 2. The number of carbonyl (C=O) groups is 2. The van der Waals surface area contributed by atoms with Crippen LogP contribution in [0.3, 0.4) is 0 Å². The first-order valence-corrected chi connectivity index (χ1v) is 9.09. The van der Waals surface area contributed by atoms with Gasteiger partial charge in [-0.05, 0) is 24.3 Å². The first kappa shape index (κ1) is 16.7. The summed E-state index contributed by atoms with van der Waals surface area (Å²) in [4.78, 5) is 37.0. The maximum Gasteiger partial charge on any atom is 0.312 e. The van der Waals surface area contributed by atoms with Crippen LogP contribution in [-0.4, -0.2) is 50.7 Å². The molecule has 1 aliphatic heterocycles. The molecule has 1 saturated carbocycles. The lowest BCUT2D eigenvalue weighted by Crippen LogP contribution is -2.60. The minimum atomic E-state index is -0.439. The monoisotopic (exact) mass is 350 g/mol. The minimum absolute atomic E-state index is 0.231. The Bertz CT molecular complexity index is 806. The van der Waals surface area contributed by atoms with E-state index >= 15 is 0 Å². The maximum absolute atomic E-state index is 12.5. The van der Waals surface area contributed by atoms with Gasteiger partial charge in [-0.2, -0.15) is 0 Å². The summed E-state index contributed by atoms with van der Waals surface area (Å²) in [5.74, 6) is 0.225. The van der Waals surface area contributed by atoms with Crippen molar-refractivity contribution in [2.45, 2.75) is 32.4 Å². The third-order valence-electron chi connectivity index (χ3n) is 5.46. The van der Waals surface area contributed by atoms with E-state index in [-0.39, 0.29) is 18.5 Å². The summed E-state index contributed by atoms with van der Waals surface area (Å²) in [6.45, 7) is 3.55. The van der Waals surface area contributed by atoms with Crippen LogP contribution in [0.5, 0.6) is 0 Å². The summed E-state index contributed by atoms with van der Waals surface area (Å²) in [7, 11) is 0. The van der Waals surface area contributed by atoms with Gasteiger partial charge >= 0.3 is 11.8 Å². The number of piperazine rings is 1. The summed E-state index contributed by atoms with van der Waals surface area (Å²) in [6.07, 6.45) is 5.66. The fourth-order valence-corrected chi connectivity index (χ4v) is 3.66. The molecule has 0 N–H and O–H groups in total. The molecule has 1 aromatic carbocycles. The van der Waals surface area contributed by atoms with E-state index in [0.717, 1.165) is 24.0 Å².